The number of rotatable bonds is 0. The first-order valence-corrected chi connectivity index (χ1v) is 3.86. The maximum atomic E-state index is 11.4. The third kappa shape index (κ3) is 1.10. The van der Waals surface area contributed by atoms with E-state index in [1.54, 1.807) is 12.1 Å². The van der Waals surface area contributed by atoms with Gasteiger partial charge in [0.2, 0.25) is 0 Å². The van der Waals surface area contributed by atoms with Crippen LogP contribution in [0.4, 0.5) is 0 Å². The third-order valence-electron chi connectivity index (χ3n) is 1.86. The van der Waals surface area contributed by atoms with E-state index in [2.05, 4.69) is 0 Å². The van der Waals surface area contributed by atoms with Gasteiger partial charge in [0.15, 0.2) is 5.43 Å². The second-order valence-electron chi connectivity index (χ2n) is 2.67. The van der Waals surface area contributed by atoms with Gasteiger partial charge in [-0.15, -0.1) is 0 Å². The zero-order valence-electron chi connectivity index (χ0n) is 6.53. The van der Waals surface area contributed by atoms with Crippen molar-refractivity contribution in [2.24, 2.45) is 0 Å². The van der Waals surface area contributed by atoms with Crippen molar-refractivity contribution in [1.82, 2.24) is 0 Å². The molecule has 0 N–H and O–H groups in total. The molecule has 0 aromatic carbocycles. The summed E-state index contributed by atoms with van der Waals surface area (Å²) in [6.45, 7) is 0. The molecule has 12 heavy (non-hydrogen) atoms. The first kappa shape index (κ1) is 7.04. The van der Waals surface area contributed by atoms with Crippen LogP contribution in [0, 0.1) is 0 Å². The van der Waals surface area contributed by atoms with Crippen molar-refractivity contribution >= 4 is 0 Å². The van der Waals surface area contributed by atoms with E-state index in [0.29, 0.717) is 0 Å². The normalized spacial score (nSPS) is 10.0. The van der Waals surface area contributed by atoms with Gasteiger partial charge >= 0.3 is 0 Å². The number of fused-ring (bicyclic) bond motifs is 1. The highest BCUT2D eigenvalue weighted by atomic mass is 16.1. The molecular weight excluding hydrogens is 148 g/mol. The van der Waals surface area contributed by atoms with Gasteiger partial charge in [0.25, 0.3) is 0 Å². The van der Waals surface area contributed by atoms with Gasteiger partial charge in [0.05, 0.1) is 0 Å². The molecule has 0 aromatic rings. The maximum absolute atomic E-state index is 11.4. The van der Waals surface area contributed by atoms with Crippen LogP contribution >= 0.6 is 0 Å². The van der Waals surface area contributed by atoms with Crippen LogP contribution in [0.15, 0.2) is 53.3 Å². The average molecular weight is 156 g/mol. The zero-order chi connectivity index (χ0) is 8.39. The Morgan fingerprint density at radius 1 is 0.750 bits per heavy atom. The molecule has 0 amide bonds. The molecule has 0 heterocycles. The van der Waals surface area contributed by atoms with Crippen molar-refractivity contribution in [1.29, 1.82) is 0 Å². The van der Waals surface area contributed by atoms with Gasteiger partial charge in [0, 0.05) is 5.56 Å². The minimum Gasteiger partial charge on any atom is -0.289 e. The molecule has 0 unspecified atom stereocenters. The van der Waals surface area contributed by atoms with Crippen molar-refractivity contribution in [3.63, 3.8) is 0 Å². The van der Waals surface area contributed by atoms with Gasteiger partial charge in [-0.2, -0.15) is 0 Å². The van der Waals surface area contributed by atoms with E-state index in [-0.39, 0.29) is 5.43 Å². The third-order valence-corrected chi connectivity index (χ3v) is 1.86. The van der Waals surface area contributed by atoms with Gasteiger partial charge in [-0.1, -0.05) is 42.5 Å². The van der Waals surface area contributed by atoms with E-state index in [9.17, 15) is 4.79 Å². The average Bonchev–Trinajstić information content (AvgIpc) is 2.47. The van der Waals surface area contributed by atoms with Crippen LogP contribution in [0.25, 0.3) is 11.1 Å². The van der Waals surface area contributed by atoms with Crippen molar-refractivity contribution in [3.05, 3.63) is 58.8 Å². The minimum absolute atomic E-state index is 0.0793. The molecule has 0 radical (unpaired) electrons. The molecule has 2 aliphatic carbocycles. The van der Waals surface area contributed by atoms with E-state index in [4.69, 9.17) is 0 Å². The Labute approximate surface area is 70.6 Å². The second-order valence-corrected chi connectivity index (χ2v) is 2.67. The van der Waals surface area contributed by atoms with Crippen LogP contribution in [-0.4, -0.2) is 0 Å². The SMILES string of the molecule is O=c1cccccc2cccc1-2. The molecule has 1 nitrogen and oxygen atoms in total. The van der Waals surface area contributed by atoms with E-state index >= 15 is 0 Å². The predicted molar refractivity (Wildman–Crippen MR) is 49.3 cm³/mol. The number of hydrogen-bond acceptors (Lipinski definition) is 1. The molecule has 0 aliphatic heterocycles. The quantitative estimate of drug-likeness (QED) is 0.571. The smallest absolute Gasteiger partial charge is 0.186 e. The van der Waals surface area contributed by atoms with Crippen LogP contribution < -0.4 is 5.43 Å². The van der Waals surface area contributed by atoms with Crippen LogP contribution in [0.3, 0.4) is 0 Å². The molecule has 0 aromatic heterocycles. The van der Waals surface area contributed by atoms with E-state index in [1.165, 1.54) is 0 Å². The van der Waals surface area contributed by atoms with E-state index in [1.807, 2.05) is 36.4 Å². The molecule has 0 atom stereocenters. The van der Waals surface area contributed by atoms with Gasteiger partial charge < -0.3 is 0 Å². The van der Waals surface area contributed by atoms with Crippen molar-refractivity contribution < 1.29 is 0 Å². The highest BCUT2D eigenvalue weighted by molar-refractivity contribution is 5.64. The lowest BCUT2D eigenvalue weighted by molar-refractivity contribution is 1.61. The Kier molecular flexibility index (Phi) is 1.63. The topological polar surface area (TPSA) is 17.1 Å². The van der Waals surface area contributed by atoms with Crippen LogP contribution in [0.2, 0.25) is 0 Å². The summed E-state index contributed by atoms with van der Waals surface area (Å²) in [5.41, 5.74) is 1.87. The largest absolute Gasteiger partial charge is 0.289 e. The fraction of sp³-hybridized carbons (Fsp3) is 0. The molecule has 2 rings (SSSR count). The summed E-state index contributed by atoms with van der Waals surface area (Å²) in [5.74, 6) is 0. The summed E-state index contributed by atoms with van der Waals surface area (Å²) in [6, 6.07) is 14.8. The standard InChI is InChI=1S/C11H8O/c12-11-8-3-1-2-5-9-6-4-7-10(9)11/h1-8H. The molecule has 58 valence electrons. The molecule has 0 spiro atoms. The van der Waals surface area contributed by atoms with Gasteiger partial charge in [0.1, 0.15) is 0 Å². The van der Waals surface area contributed by atoms with Gasteiger partial charge in [-0.3, -0.25) is 4.79 Å². The predicted octanol–water partition coefficient (Wildman–Crippen LogP) is 2.15. The summed E-state index contributed by atoms with van der Waals surface area (Å²) in [7, 11) is 0. The highest BCUT2D eigenvalue weighted by Crippen LogP contribution is 2.15. The number of hydrogen-bond donors (Lipinski definition) is 0. The summed E-state index contributed by atoms with van der Waals surface area (Å²) < 4.78 is 0. The van der Waals surface area contributed by atoms with Gasteiger partial charge in [-0.25, -0.2) is 0 Å². The lowest BCUT2D eigenvalue weighted by Gasteiger charge is -1.89. The first-order chi connectivity index (χ1) is 5.88. The Bertz CT molecular complexity index is 420. The molecule has 0 bridgehead atoms. The van der Waals surface area contributed by atoms with Crippen molar-refractivity contribution in [2.45, 2.75) is 0 Å². The fourth-order valence-electron chi connectivity index (χ4n) is 1.26. The Hall–Kier alpha value is -1.63. The van der Waals surface area contributed by atoms with Crippen LogP contribution in [0.1, 0.15) is 0 Å². The monoisotopic (exact) mass is 156 g/mol. The van der Waals surface area contributed by atoms with Crippen molar-refractivity contribution in [3.8, 4) is 11.1 Å². The summed E-state index contributed by atoms with van der Waals surface area (Å²) in [6.07, 6.45) is 0. The lowest BCUT2D eigenvalue weighted by Crippen LogP contribution is -1.97. The fourth-order valence-corrected chi connectivity index (χ4v) is 1.26. The van der Waals surface area contributed by atoms with Crippen LogP contribution in [-0.2, 0) is 0 Å². The minimum atomic E-state index is 0.0793. The van der Waals surface area contributed by atoms with E-state index < -0.39 is 0 Å². The van der Waals surface area contributed by atoms with E-state index in [0.717, 1.165) is 11.1 Å². The molecule has 1 heteroatoms. The van der Waals surface area contributed by atoms with Gasteiger partial charge in [-0.05, 0) is 11.6 Å². The molecule has 0 fully saturated rings. The Balaban J connectivity index is 2.85. The maximum Gasteiger partial charge on any atom is 0.186 e. The Morgan fingerprint density at radius 2 is 1.50 bits per heavy atom. The second kappa shape index (κ2) is 2.78. The molecular formula is C11H8O. The highest BCUT2D eigenvalue weighted by Gasteiger charge is 2.00. The molecule has 0 saturated heterocycles. The molecule has 2 aliphatic rings. The van der Waals surface area contributed by atoms with Crippen LogP contribution in [0.5, 0.6) is 0 Å². The Morgan fingerprint density at radius 3 is 2.42 bits per heavy atom. The molecule has 0 saturated carbocycles. The van der Waals surface area contributed by atoms with Crippen molar-refractivity contribution in [2.75, 3.05) is 0 Å². The summed E-state index contributed by atoms with van der Waals surface area (Å²) in [4.78, 5) is 11.4. The zero-order valence-corrected chi connectivity index (χ0v) is 6.53. The lowest BCUT2D eigenvalue weighted by atomic mass is 10.1. The summed E-state index contributed by atoms with van der Waals surface area (Å²) >= 11 is 0. The summed E-state index contributed by atoms with van der Waals surface area (Å²) in [5, 5.41) is 0. The first-order valence-electron chi connectivity index (χ1n) is 3.86.